The summed E-state index contributed by atoms with van der Waals surface area (Å²) in [6.45, 7) is 0.640. The largest absolute Gasteiger partial charge is 0.330 e. The summed E-state index contributed by atoms with van der Waals surface area (Å²) in [6, 6.07) is 14.0. The molecule has 2 aromatic rings. The first-order valence-corrected chi connectivity index (χ1v) is 6.29. The van der Waals surface area contributed by atoms with E-state index in [1.807, 2.05) is 42.5 Å². The molecule has 3 nitrogen and oxygen atoms in total. The van der Waals surface area contributed by atoms with Crippen molar-refractivity contribution in [2.45, 2.75) is 19.3 Å². The Morgan fingerprint density at radius 2 is 1.83 bits per heavy atom. The number of carbonyl (C=O) groups excluding carboxylic acids is 1. The first-order valence-electron chi connectivity index (χ1n) is 6.29. The number of carbonyl (C=O) groups is 1. The quantitative estimate of drug-likeness (QED) is 0.792. The van der Waals surface area contributed by atoms with Gasteiger partial charge in [0.05, 0.1) is 0 Å². The molecule has 0 aliphatic carbocycles. The van der Waals surface area contributed by atoms with Crippen molar-refractivity contribution in [2.75, 3.05) is 11.9 Å². The van der Waals surface area contributed by atoms with Crippen molar-refractivity contribution >= 4 is 22.4 Å². The fourth-order valence-electron chi connectivity index (χ4n) is 1.98. The Hall–Kier alpha value is -1.87. The molecular formula is C15H18N2O. The Bertz CT molecular complexity index is 532. The Morgan fingerprint density at radius 1 is 1.06 bits per heavy atom. The van der Waals surface area contributed by atoms with E-state index in [0.29, 0.717) is 13.0 Å². The van der Waals surface area contributed by atoms with Crippen LogP contribution in [0.25, 0.3) is 10.8 Å². The van der Waals surface area contributed by atoms with E-state index in [4.69, 9.17) is 5.73 Å². The summed E-state index contributed by atoms with van der Waals surface area (Å²) in [4.78, 5) is 11.8. The lowest BCUT2D eigenvalue weighted by molar-refractivity contribution is -0.116. The minimum Gasteiger partial charge on any atom is -0.330 e. The van der Waals surface area contributed by atoms with E-state index < -0.39 is 0 Å². The van der Waals surface area contributed by atoms with Crippen LogP contribution >= 0.6 is 0 Å². The highest BCUT2D eigenvalue weighted by molar-refractivity contribution is 6.02. The van der Waals surface area contributed by atoms with Gasteiger partial charge in [-0.3, -0.25) is 4.79 Å². The SMILES string of the molecule is NCCCCC(=O)Nc1cccc2ccccc12. The molecule has 0 atom stereocenters. The topological polar surface area (TPSA) is 55.1 Å². The maximum Gasteiger partial charge on any atom is 0.224 e. The lowest BCUT2D eigenvalue weighted by Gasteiger charge is -2.08. The summed E-state index contributed by atoms with van der Waals surface area (Å²) < 4.78 is 0. The second-order valence-electron chi connectivity index (χ2n) is 4.32. The zero-order valence-corrected chi connectivity index (χ0v) is 10.4. The maximum atomic E-state index is 11.8. The zero-order valence-electron chi connectivity index (χ0n) is 10.4. The molecule has 0 fully saturated rings. The van der Waals surface area contributed by atoms with Gasteiger partial charge in [-0.05, 0) is 30.8 Å². The highest BCUT2D eigenvalue weighted by Crippen LogP contribution is 2.23. The number of amides is 1. The second kappa shape index (κ2) is 6.17. The maximum absolute atomic E-state index is 11.8. The summed E-state index contributed by atoms with van der Waals surface area (Å²) >= 11 is 0. The first-order chi connectivity index (χ1) is 8.81. The van der Waals surface area contributed by atoms with Gasteiger partial charge in [-0.2, -0.15) is 0 Å². The van der Waals surface area contributed by atoms with Crippen LogP contribution in [-0.2, 0) is 4.79 Å². The standard InChI is InChI=1S/C15H18N2O/c16-11-4-3-10-15(18)17-14-9-5-7-12-6-1-2-8-13(12)14/h1-2,5-9H,3-4,10-11,16H2,(H,17,18). The molecule has 1 amide bonds. The molecule has 0 aliphatic heterocycles. The van der Waals surface area contributed by atoms with Crippen molar-refractivity contribution in [3.63, 3.8) is 0 Å². The summed E-state index contributed by atoms with van der Waals surface area (Å²) in [5.74, 6) is 0.0554. The Morgan fingerprint density at radius 3 is 2.67 bits per heavy atom. The van der Waals surface area contributed by atoms with E-state index in [1.54, 1.807) is 0 Å². The van der Waals surface area contributed by atoms with Crippen molar-refractivity contribution in [3.05, 3.63) is 42.5 Å². The third kappa shape index (κ3) is 3.08. The number of hydrogen-bond donors (Lipinski definition) is 2. The summed E-state index contributed by atoms with van der Waals surface area (Å²) in [7, 11) is 0. The zero-order chi connectivity index (χ0) is 12.8. The first kappa shape index (κ1) is 12.6. The molecule has 3 heteroatoms. The van der Waals surface area contributed by atoms with E-state index in [0.717, 1.165) is 29.3 Å². The van der Waals surface area contributed by atoms with Crippen LogP contribution in [0.15, 0.2) is 42.5 Å². The minimum atomic E-state index is 0.0554. The summed E-state index contributed by atoms with van der Waals surface area (Å²) in [6.07, 6.45) is 2.26. The smallest absolute Gasteiger partial charge is 0.224 e. The molecule has 0 radical (unpaired) electrons. The van der Waals surface area contributed by atoms with Crippen molar-refractivity contribution in [1.82, 2.24) is 0 Å². The van der Waals surface area contributed by atoms with Crippen LogP contribution < -0.4 is 11.1 Å². The second-order valence-corrected chi connectivity index (χ2v) is 4.32. The van der Waals surface area contributed by atoms with E-state index in [2.05, 4.69) is 5.32 Å². The molecule has 0 spiro atoms. The predicted molar refractivity (Wildman–Crippen MR) is 75.5 cm³/mol. The van der Waals surface area contributed by atoms with Crippen LogP contribution in [-0.4, -0.2) is 12.5 Å². The molecular weight excluding hydrogens is 224 g/mol. The van der Waals surface area contributed by atoms with Crippen LogP contribution in [0.4, 0.5) is 5.69 Å². The van der Waals surface area contributed by atoms with E-state index in [-0.39, 0.29) is 5.91 Å². The van der Waals surface area contributed by atoms with Crippen LogP contribution in [0.1, 0.15) is 19.3 Å². The van der Waals surface area contributed by atoms with Gasteiger partial charge >= 0.3 is 0 Å². The van der Waals surface area contributed by atoms with Crippen molar-refractivity contribution in [2.24, 2.45) is 5.73 Å². The van der Waals surface area contributed by atoms with Crippen LogP contribution in [0.5, 0.6) is 0 Å². The fourth-order valence-corrected chi connectivity index (χ4v) is 1.98. The summed E-state index contributed by atoms with van der Waals surface area (Å²) in [5, 5.41) is 5.18. The fraction of sp³-hybridized carbons (Fsp3) is 0.267. The number of fused-ring (bicyclic) bond motifs is 1. The highest BCUT2D eigenvalue weighted by atomic mass is 16.1. The monoisotopic (exact) mass is 242 g/mol. The number of anilines is 1. The molecule has 18 heavy (non-hydrogen) atoms. The molecule has 0 saturated heterocycles. The van der Waals surface area contributed by atoms with Gasteiger partial charge in [-0.15, -0.1) is 0 Å². The van der Waals surface area contributed by atoms with Crippen LogP contribution in [0.2, 0.25) is 0 Å². The molecule has 0 bridgehead atoms. The van der Waals surface area contributed by atoms with E-state index in [1.165, 1.54) is 0 Å². The third-order valence-corrected chi connectivity index (χ3v) is 2.92. The van der Waals surface area contributed by atoms with Gasteiger partial charge in [0.1, 0.15) is 0 Å². The third-order valence-electron chi connectivity index (χ3n) is 2.92. The molecule has 0 heterocycles. The van der Waals surface area contributed by atoms with Crippen molar-refractivity contribution < 1.29 is 4.79 Å². The number of nitrogens with one attached hydrogen (secondary N) is 1. The average Bonchev–Trinajstić information content (AvgIpc) is 2.39. The molecule has 0 aromatic heterocycles. The molecule has 2 aromatic carbocycles. The minimum absolute atomic E-state index is 0.0554. The van der Waals surface area contributed by atoms with Crippen LogP contribution in [0.3, 0.4) is 0 Å². The Labute approximate surface area is 107 Å². The van der Waals surface area contributed by atoms with Gasteiger partial charge in [0.15, 0.2) is 0 Å². The summed E-state index contributed by atoms with van der Waals surface area (Å²) in [5.41, 5.74) is 6.29. The van der Waals surface area contributed by atoms with E-state index >= 15 is 0 Å². The molecule has 94 valence electrons. The van der Waals surface area contributed by atoms with Crippen molar-refractivity contribution in [3.8, 4) is 0 Å². The van der Waals surface area contributed by atoms with Gasteiger partial charge in [-0.1, -0.05) is 36.4 Å². The van der Waals surface area contributed by atoms with Gasteiger partial charge in [-0.25, -0.2) is 0 Å². The predicted octanol–water partition coefficient (Wildman–Crippen LogP) is 2.91. The van der Waals surface area contributed by atoms with Gasteiger partial charge < -0.3 is 11.1 Å². The lowest BCUT2D eigenvalue weighted by atomic mass is 10.1. The number of benzene rings is 2. The lowest BCUT2D eigenvalue weighted by Crippen LogP contribution is -2.12. The normalized spacial score (nSPS) is 10.5. The molecule has 0 aliphatic rings. The number of nitrogens with two attached hydrogens (primary N) is 1. The Kier molecular flexibility index (Phi) is 4.31. The van der Waals surface area contributed by atoms with Crippen molar-refractivity contribution in [1.29, 1.82) is 0 Å². The van der Waals surface area contributed by atoms with Gasteiger partial charge in [0.2, 0.25) is 5.91 Å². The molecule has 0 unspecified atom stereocenters. The van der Waals surface area contributed by atoms with Gasteiger partial charge in [0.25, 0.3) is 0 Å². The Balaban J connectivity index is 2.09. The van der Waals surface area contributed by atoms with Gasteiger partial charge in [0, 0.05) is 17.5 Å². The van der Waals surface area contributed by atoms with E-state index in [9.17, 15) is 4.79 Å². The number of rotatable bonds is 5. The highest BCUT2D eigenvalue weighted by Gasteiger charge is 2.04. The molecule has 3 N–H and O–H groups in total. The number of unbranched alkanes of at least 4 members (excludes halogenated alkanes) is 1. The number of hydrogen-bond acceptors (Lipinski definition) is 2. The molecule has 0 saturated carbocycles. The molecule has 2 rings (SSSR count). The average molecular weight is 242 g/mol. The van der Waals surface area contributed by atoms with Crippen LogP contribution in [0, 0.1) is 0 Å².